The first kappa shape index (κ1) is 14.0. The highest BCUT2D eigenvalue weighted by atomic mass is 32.2. The third-order valence-electron chi connectivity index (χ3n) is 3.57. The lowest BCUT2D eigenvalue weighted by Crippen LogP contribution is -2.28. The van der Waals surface area contributed by atoms with E-state index < -0.39 is 16.2 Å². The van der Waals surface area contributed by atoms with E-state index in [0.717, 1.165) is 25.7 Å². The van der Waals surface area contributed by atoms with Crippen LogP contribution in [0.5, 0.6) is 0 Å². The fourth-order valence-electron chi connectivity index (χ4n) is 2.62. The molecule has 1 aromatic heterocycles. The smallest absolute Gasteiger partial charge is 0.353 e. The molecular weight excluding hydrogens is 270 g/mol. The van der Waals surface area contributed by atoms with Gasteiger partial charge in [-0.2, -0.15) is 8.42 Å². The molecule has 0 radical (unpaired) electrons. The van der Waals surface area contributed by atoms with Gasteiger partial charge in [0.2, 0.25) is 0 Å². The summed E-state index contributed by atoms with van der Waals surface area (Å²) in [6.07, 6.45) is 4.34. The van der Waals surface area contributed by atoms with Crippen molar-refractivity contribution < 1.29 is 18.3 Å². The van der Waals surface area contributed by atoms with E-state index in [-0.39, 0.29) is 17.7 Å². The fraction of sp³-hybridized carbons (Fsp3) is 0.545. The monoisotopic (exact) mass is 287 g/mol. The predicted octanol–water partition coefficient (Wildman–Crippen LogP) is 0.223. The van der Waals surface area contributed by atoms with E-state index in [0.29, 0.717) is 9.54 Å². The topological polar surface area (TPSA) is 128 Å². The highest BCUT2D eigenvalue weighted by molar-refractivity contribution is 7.87. The third kappa shape index (κ3) is 2.80. The molecule has 0 aromatic carbocycles. The lowest BCUT2D eigenvalue weighted by molar-refractivity contribution is 0.0687. The molecule has 19 heavy (non-hydrogen) atoms. The quantitative estimate of drug-likeness (QED) is 0.732. The second-order valence-electron chi connectivity index (χ2n) is 4.88. The lowest BCUT2D eigenvalue weighted by atomic mass is 9.82. The van der Waals surface area contributed by atoms with Crippen molar-refractivity contribution in [2.75, 3.05) is 0 Å². The SMILES string of the molecule is NC1CCC(c2ccn(S(N)(=O)=O)c2C(=O)O)CC1. The van der Waals surface area contributed by atoms with Crippen LogP contribution in [-0.4, -0.2) is 29.5 Å². The maximum absolute atomic E-state index is 11.4. The summed E-state index contributed by atoms with van der Waals surface area (Å²) < 4.78 is 23.4. The van der Waals surface area contributed by atoms with Gasteiger partial charge in [0.05, 0.1) is 0 Å². The van der Waals surface area contributed by atoms with Crippen molar-refractivity contribution in [2.45, 2.75) is 37.6 Å². The lowest BCUT2D eigenvalue weighted by Gasteiger charge is -2.26. The minimum absolute atomic E-state index is 0.0221. The van der Waals surface area contributed by atoms with Crippen molar-refractivity contribution in [3.63, 3.8) is 0 Å². The predicted molar refractivity (Wildman–Crippen MR) is 69.1 cm³/mol. The molecule has 0 saturated heterocycles. The van der Waals surface area contributed by atoms with E-state index in [9.17, 15) is 18.3 Å². The number of nitrogens with two attached hydrogens (primary N) is 2. The highest BCUT2D eigenvalue weighted by Gasteiger charge is 2.28. The van der Waals surface area contributed by atoms with E-state index in [2.05, 4.69) is 0 Å². The Morgan fingerprint density at radius 3 is 2.37 bits per heavy atom. The van der Waals surface area contributed by atoms with E-state index in [1.165, 1.54) is 12.3 Å². The minimum atomic E-state index is -4.10. The van der Waals surface area contributed by atoms with Gasteiger partial charge in [0, 0.05) is 12.2 Å². The molecule has 0 unspecified atom stereocenters. The summed E-state index contributed by atoms with van der Waals surface area (Å²) in [5, 5.41) is 14.2. The van der Waals surface area contributed by atoms with Gasteiger partial charge in [-0.25, -0.2) is 13.9 Å². The molecule has 1 heterocycles. The summed E-state index contributed by atoms with van der Waals surface area (Å²) >= 11 is 0. The van der Waals surface area contributed by atoms with Crippen LogP contribution in [0.2, 0.25) is 0 Å². The van der Waals surface area contributed by atoms with Crippen LogP contribution in [0.15, 0.2) is 12.3 Å². The zero-order valence-electron chi connectivity index (χ0n) is 10.3. The van der Waals surface area contributed by atoms with Crippen molar-refractivity contribution >= 4 is 16.2 Å². The van der Waals surface area contributed by atoms with Crippen LogP contribution in [0, 0.1) is 0 Å². The number of carbonyl (C=O) groups is 1. The Kier molecular flexibility index (Phi) is 3.66. The number of carboxylic acid groups (broad SMARTS) is 1. The first-order chi connectivity index (χ1) is 8.80. The summed E-state index contributed by atoms with van der Waals surface area (Å²) in [6, 6.07) is 1.67. The molecule has 5 N–H and O–H groups in total. The van der Waals surface area contributed by atoms with Crippen LogP contribution < -0.4 is 10.9 Å². The van der Waals surface area contributed by atoms with Crippen molar-refractivity contribution in [1.82, 2.24) is 3.97 Å². The number of nitrogens with zero attached hydrogens (tertiary/aromatic N) is 1. The van der Waals surface area contributed by atoms with Crippen molar-refractivity contribution in [3.05, 3.63) is 23.5 Å². The zero-order valence-corrected chi connectivity index (χ0v) is 11.1. The van der Waals surface area contributed by atoms with Gasteiger partial charge >= 0.3 is 16.2 Å². The largest absolute Gasteiger partial charge is 0.477 e. The molecular formula is C11H17N3O4S. The summed E-state index contributed by atoms with van der Waals surface area (Å²) in [5.41, 5.74) is 6.07. The fourth-order valence-corrected chi connectivity index (χ4v) is 3.29. The Hall–Kier alpha value is -1.38. The zero-order chi connectivity index (χ0) is 14.2. The molecule has 106 valence electrons. The van der Waals surface area contributed by atoms with Gasteiger partial charge in [0.15, 0.2) is 0 Å². The van der Waals surface area contributed by atoms with E-state index in [4.69, 9.17) is 10.9 Å². The third-order valence-corrected chi connectivity index (χ3v) is 4.42. The van der Waals surface area contributed by atoms with Crippen LogP contribution in [0.4, 0.5) is 0 Å². The van der Waals surface area contributed by atoms with Gasteiger partial charge in [-0.05, 0) is 43.2 Å². The Morgan fingerprint density at radius 1 is 1.32 bits per heavy atom. The Labute approximate surface area is 111 Å². The van der Waals surface area contributed by atoms with Crippen molar-refractivity contribution in [2.24, 2.45) is 10.9 Å². The maximum atomic E-state index is 11.4. The molecule has 1 aliphatic carbocycles. The van der Waals surface area contributed by atoms with Crippen LogP contribution in [-0.2, 0) is 10.2 Å². The molecule has 0 amide bonds. The van der Waals surface area contributed by atoms with Gasteiger partial charge in [-0.15, -0.1) is 0 Å². The summed E-state index contributed by atoms with van der Waals surface area (Å²) in [4.78, 5) is 11.3. The van der Waals surface area contributed by atoms with Crippen LogP contribution >= 0.6 is 0 Å². The molecule has 0 aliphatic heterocycles. The van der Waals surface area contributed by atoms with Gasteiger partial charge in [-0.3, -0.25) is 0 Å². The maximum Gasteiger partial charge on any atom is 0.353 e. The molecule has 0 spiro atoms. The van der Waals surface area contributed by atoms with Gasteiger partial charge < -0.3 is 10.8 Å². The number of carboxylic acids is 1. The summed E-state index contributed by atoms with van der Waals surface area (Å²) in [6.45, 7) is 0. The van der Waals surface area contributed by atoms with Gasteiger partial charge in [-0.1, -0.05) is 0 Å². The number of hydrogen-bond donors (Lipinski definition) is 3. The number of rotatable bonds is 3. The molecule has 1 aliphatic rings. The average molecular weight is 287 g/mol. The van der Waals surface area contributed by atoms with Crippen LogP contribution in [0.3, 0.4) is 0 Å². The van der Waals surface area contributed by atoms with E-state index in [1.54, 1.807) is 0 Å². The first-order valence-corrected chi connectivity index (χ1v) is 7.54. The van der Waals surface area contributed by atoms with E-state index >= 15 is 0 Å². The van der Waals surface area contributed by atoms with Gasteiger partial charge in [0.25, 0.3) is 0 Å². The molecule has 1 fully saturated rings. The second kappa shape index (κ2) is 4.95. The Bertz CT molecular complexity index is 585. The average Bonchev–Trinajstić information content (AvgIpc) is 2.74. The Morgan fingerprint density at radius 2 is 1.89 bits per heavy atom. The number of aromatic nitrogens is 1. The standard InChI is InChI=1S/C11H17N3O4S/c12-8-3-1-7(2-4-8)9-5-6-14(19(13,17)18)10(9)11(15)16/h5-8H,1-4,12H2,(H,15,16)(H2,13,17,18). The molecule has 1 saturated carbocycles. The van der Waals surface area contributed by atoms with Crippen LogP contribution in [0.1, 0.15) is 47.7 Å². The first-order valence-electron chi connectivity index (χ1n) is 6.04. The van der Waals surface area contributed by atoms with Crippen molar-refractivity contribution in [1.29, 1.82) is 0 Å². The normalized spacial score (nSPS) is 24.3. The number of hydrogen-bond acceptors (Lipinski definition) is 4. The molecule has 7 nitrogen and oxygen atoms in total. The van der Waals surface area contributed by atoms with Crippen molar-refractivity contribution in [3.8, 4) is 0 Å². The Balaban J connectivity index is 2.42. The minimum Gasteiger partial charge on any atom is -0.477 e. The van der Waals surface area contributed by atoms with Gasteiger partial charge in [0.1, 0.15) is 5.69 Å². The van der Waals surface area contributed by atoms with Crippen LogP contribution in [0.25, 0.3) is 0 Å². The highest BCUT2D eigenvalue weighted by Crippen LogP contribution is 2.34. The van der Waals surface area contributed by atoms with E-state index in [1.807, 2.05) is 0 Å². The number of aromatic carboxylic acids is 1. The molecule has 2 rings (SSSR count). The summed E-state index contributed by atoms with van der Waals surface area (Å²) in [7, 11) is -4.10. The molecule has 8 heteroatoms. The summed E-state index contributed by atoms with van der Waals surface area (Å²) in [5.74, 6) is -1.27. The molecule has 1 aromatic rings. The molecule has 0 atom stereocenters. The molecule has 0 bridgehead atoms. The second-order valence-corrected chi connectivity index (χ2v) is 6.30.